The Hall–Kier alpha value is -1.71. The minimum Gasteiger partial charge on any atom is -0.490 e. The molecule has 0 aliphatic heterocycles. The summed E-state index contributed by atoms with van der Waals surface area (Å²) in [5.41, 5.74) is 3.47. The third-order valence-electron chi connectivity index (χ3n) is 4.79. The van der Waals surface area contributed by atoms with Gasteiger partial charge in [0.15, 0.2) is 11.5 Å². The fourth-order valence-corrected chi connectivity index (χ4v) is 3.42. The predicted molar refractivity (Wildman–Crippen MR) is 119 cm³/mol. The van der Waals surface area contributed by atoms with Crippen LogP contribution >= 0.6 is 11.6 Å². The van der Waals surface area contributed by atoms with Gasteiger partial charge < -0.3 is 14.8 Å². The number of halogens is 1. The van der Waals surface area contributed by atoms with E-state index in [1.807, 2.05) is 31.2 Å². The molecular formula is C24H34ClNO2. The van der Waals surface area contributed by atoms with Gasteiger partial charge in [-0.05, 0) is 55.6 Å². The highest BCUT2D eigenvalue weighted by Gasteiger charge is 2.13. The second-order valence-corrected chi connectivity index (χ2v) is 7.55. The first-order valence-electron chi connectivity index (χ1n) is 10.5. The number of ether oxygens (including phenoxy) is 2. The number of unbranched alkanes of at least 4 members (excludes halogenated alkanes) is 4. The SMILES string of the molecule is CCCCCCCNCc1cc(Cl)c(OCc2ccccc2C)c(OCC)c1. The lowest BCUT2D eigenvalue weighted by Gasteiger charge is -2.16. The predicted octanol–water partition coefficient (Wildman–Crippen LogP) is 6.69. The van der Waals surface area contributed by atoms with Crippen LogP contribution in [0.2, 0.25) is 5.02 Å². The van der Waals surface area contributed by atoms with Crippen molar-refractivity contribution in [2.24, 2.45) is 0 Å². The number of hydrogen-bond donors (Lipinski definition) is 1. The molecule has 0 aliphatic carbocycles. The van der Waals surface area contributed by atoms with Crippen molar-refractivity contribution in [2.45, 2.75) is 66.0 Å². The number of benzene rings is 2. The highest BCUT2D eigenvalue weighted by molar-refractivity contribution is 6.32. The molecule has 3 nitrogen and oxygen atoms in total. The molecule has 0 amide bonds. The molecule has 2 aromatic rings. The van der Waals surface area contributed by atoms with Gasteiger partial charge in [-0.3, -0.25) is 0 Å². The highest BCUT2D eigenvalue weighted by Crippen LogP contribution is 2.37. The van der Waals surface area contributed by atoms with Gasteiger partial charge in [-0.15, -0.1) is 0 Å². The Kier molecular flexibility index (Phi) is 10.2. The molecule has 2 rings (SSSR count). The first-order valence-corrected chi connectivity index (χ1v) is 10.9. The molecule has 28 heavy (non-hydrogen) atoms. The maximum Gasteiger partial charge on any atom is 0.180 e. The Labute approximate surface area is 175 Å². The van der Waals surface area contributed by atoms with Gasteiger partial charge in [-0.2, -0.15) is 0 Å². The van der Waals surface area contributed by atoms with Crippen LogP contribution in [0.5, 0.6) is 11.5 Å². The third kappa shape index (κ3) is 7.37. The van der Waals surface area contributed by atoms with Crippen molar-refractivity contribution >= 4 is 11.6 Å². The summed E-state index contributed by atoms with van der Waals surface area (Å²) in [6.45, 7) is 9.16. The van der Waals surface area contributed by atoms with Crippen molar-refractivity contribution in [3.8, 4) is 11.5 Å². The van der Waals surface area contributed by atoms with Crippen LogP contribution < -0.4 is 14.8 Å². The van der Waals surface area contributed by atoms with Gasteiger partial charge in [0.2, 0.25) is 0 Å². The van der Waals surface area contributed by atoms with Crippen molar-refractivity contribution in [3.63, 3.8) is 0 Å². The van der Waals surface area contributed by atoms with Crippen molar-refractivity contribution in [1.29, 1.82) is 0 Å². The summed E-state index contributed by atoms with van der Waals surface area (Å²) in [5, 5.41) is 4.10. The highest BCUT2D eigenvalue weighted by atomic mass is 35.5. The Morgan fingerprint density at radius 2 is 1.75 bits per heavy atom. The van der Waals surface area contributed by atoms with Gasteiger partial charge in [0.25, 0.3) is 0 Å². The van der Waals surface area contributed by atoms with Crippen LogP contribution in [0.25, 0.3) is 0 Å². The summed E-state index contributed by atoms with van der Waals surface area (Å²) in [6.07, 6.45) is 6.44. The molecule has 0 radical (unpaired) electrons. The third-order valence-corrected chi connectivity index (χ3v) is 5.07. The maximum absolute atomic E-state index is 6.54. The van der Waals surface area contributed by atoms with Crippen LogP contribution in [0.4, 0.5) is 0 Å². The fraction of sp³-hybridized carbons (Fsp3) is 0.500. The number of hydrogen-bond acceptors (Lipinski definition) is 3. The maximum atomic E-state index is 6.54. The van der Waals surface area contributed by atoms with E-state index >= 15 is 0 Å². The zero-order valence-corrected chi connectivity index (χ0v) is 18.3. The molecule has 0 saturated heterocycles. The van der Waals surface area contributed by atoms with E-state index in [9.17, 15) is 0 Å². The molecule has 0 heterocycles. The van der Waals surface area contributed by atoms with Crippen molar-refractivity contribution in [2.75, 3.05) is 13.2 Å². The smallest absolute Gasteiger partial charge is 0.180 e. The van der Waals surface area contributed by atoms with E-state index < -0.39 is 0 Å². The van der Waals surface area contributed by atoms with Gasteiger partial charge in [0.05, 0.1) is 11.6 Å². The van der Waals surface area contributed by atoms with Crippen LogP contribution in [0.1, 0.15) is 62.6 Å². The molecule has 2 aromatic carbocycles. The van der Waals surface area contributed by atoms with Gasteiger partial charge in [0, 0.05) is 6.54 Å². The van der Waals surface area contributed by atoms with Gasteiger partial charge in [-0.1, -0.05) is 68.5 Å². The number of nitrogens with one attached hydrogen (secondary N) is 1. The standard InChI is InChI=1S/C24H34ClNO2/c1-4-6-7-8-11-14-26-17-20-15-22(25)24(23(16-20)27-5-2)28-18-21-13-10-9-12-19(21)3/h9-10,12-13,15-16,26H,4-8,11,14,17-18H2,1-3H3. The molecule has 0 aliphatic rings. The minimum atomic E-state index is 0.474. The summed E-state index contributed by atoms with van der Waals surface area (Å²) >= 11 is 6.54. The van der Waals surface area contributed by atoms with Crippen molar-refractivity contribution in [1.82, 2.24) is 5.32 Å². The Balaban J connectivity index is 1.95. The van der Waals surface area contributed by atoms with Gasteiger partial charge in [-0.25, -0.2) is 0 Å². The van der Waals surface area contributed by atoms with E-state index in [1.54, 1.807) is 0 Å². The quantitative estimate of drug-likeness (QED) is 0.378. The molecule has 154 valence electrons. The van der Waals surface area contributed by atoms with Gasteiger partial charge >= 0.3 is 0 Å². The monoisotopic (exact) mass is 403 g/mol. The van der Waals surface area contributed by atoms with Crippen LogP contribution in [0.3, 0.4) is 0 Å². The molecule has 0 unspecified atom stereocenters. The molecule has 0 saturated carbocycles. The molecule has 1 N–H and O–H groups in total. The van der Waals surface area contributed by atoms with E-state index in [1.165, 1.54) is 37.7 Å². The van der Waals surface area contributed by atoms with Crippen molar-refractivity contribution < 1.29 is 9.47 Å². The lowest BCUT2D eigenvalue weighted by Crippen LogP contribution is -2.15. The van der Waals surface area contributed by atoms with E-state index in [2.05, 4.69) is 31.3 Å². The van der Waals surface area contributed by atoms with Crippen LogP contribution in [0, 0.1) is 6.92 Å². The topological polar surface area (TPSA) is 30.5 Å². The summed E-state index contributed by atoms with van der Waals surface area (Å²) in [5.74, 6) is 1.33. The summed E-state index contributed by atoms with van der Waals surface area (Å²) in [6, 6.07) is 12.2. The largest absolute Gasteiger partial charge is 0.490 e. The average Bonchev–Trinajstić information content (AvgIpc) is 2.68. The first kappa shape index (κ1) is 22.6. The molecule has 0 bridgehead atoms. The summed E-state index contributed by atoms with van der Waals surface area (Å²) in [7, 11) is 0. The zero-order chi connectivity index (χ0) is 20.2. The van der Waals surface area contributed by atoms with Crippen LogP contribution in [-0.4, -0.2) is 13.2 Å². The average molecular weight is 404 g/mol. The lowest BCUT2D eigenvalue weighted by atomic mass is 10.1. The molecule has 0 atom stereocenters. The Bertz CT molecular complexity index is 718. The minimum absolute atomic E-state index is 0.474. The number of aryl methyl sites for hydroxylation is 1. The molecule has 0 aromatic heterocycles. The molecule has 0 fully saturated rings. The summed E-state index contributed by atoms with van der Waals surface area (Å²) < 4.78 is 11.9. The molecular weight excluding hydrogens is 370 g/mol. The number of rotatable bonds is 13. The van der Waals surface area contributed by atoms with E-state index in [-0.39, 0.29) is 0 Å². The second-order valence-electron chi connectivity index (χ2n) is 7.14. The van der Waals surface area contributed by atoms with E-state index in [4.69, 9.17) is 21.1 Å². The van der Waals surface area contributed by atoms with Crippen LogP contribution in [-0.2, 0) is 13.2 Å². The zero-order valence-electron chi connectivity index (χ0n) is 17.5. The fourth-order valence-electron chi connectivity index (χ4n) is 3.13. The normalized spacial score (nSPS) is 10.9. The molecule has 0 spiro atoms. The van der Waals surface area contributed by atoms with E-state index in [0.29, 0.717) is 29.7 Å². The lowest BCUT2D eigenvalue weighted by molar-refractivity contribution is 0.269. The Morgan fingerprint density at radius 3 is 2.50 bits per heavy atom. The van der Waals surface area contributed by atoms with Gasteiger partial charge in [0.1, 0.15) is 6.61 Å². The van der Waals surface area contributed by atoms with Crippen molar-refractivity contribution in [3.05, 3.63) is 58.1 Å². The van der Waals surface area contributed by atoms with E-state index in [0.717, 1.165) is 24.2 Å². The Morgan fingerprint density at radius 1 is 0.964 bits per heavy atom. The molecule has 4 heteroatoms. The van der Waals surface area contributed by atoms with Crippen LogP contribution in [0.15, 0.2) is 36.4 Å². The summed E-state index contributed by atoms with van der Waals surface area (Å²) in [4.78, 5) is 0. The first-order chi connectivity index (χ1) is 13.7. The second kappa shape index (κ2) is 12.7.